The van der Waals surface area contributed by atoms with Crippen LogP contribution >= 0.6 is 0 Å². The van der Waals surface area contributed by atoms with Gasteiger partial charge >= 0.3 is 6.18 Å². The Morgan fingerprint density at radius 1 is 0.818 bits per heavy atom. The predicted molar refractivity (Wildman–Crippen MR) is 131 cm³/mol. The number of unbranched alkanes of at least 4 members (excludes halogenated alkanes) is 6. The van der Waals surface area contributed by atoms with Crippen molar-refractivity contribution in [3.05, 3.63) is 35.9 Å². The molecule has 0 aromatic heterocycles. The van der Waals surface area contributed by atoms with Crippen LogP contribution in [0, 0.1) is 11.3 Å². The van der Waals surface area contributed by atoms with Gasteiger partial charge in [0.1, 0.15) is 0 Å². The summed E-state index contributed by atoms with van der Waals surface area (Å²) in [5.41, 5.74) is -0.431. The van der Waals surface area contributed by atoms with Crippen LogP contribution in [0.15, 0.2) is 30.3 Å². The number of halogens is 3. The van der Waals surface area contributed by atoms with Gasteiger partial charge in [-0.2, -0.15) is 13.2 Å². The van der Waals surface area contributed by atoms with E-state index < -0.39 is 17.7 Å². The fourth-order valence-corrected chi connectivity index (χ4v) is 4.84. The van der Waals surface area contributed by atoms with Gasteiger partial charge < -0.3 is 4.74 Å². The number of nitrogens with zero attached hydrogens (tertiary/aromatic N) is 1. The number of hydrogen-bond donors (Lipinski definition) is 0. The zero-order valence-corrected chi connectivity index (χ0v) is 21.4. The van der Waals surface area contributed by atoms with Gasteiger partial charge in [-0.15, -0.1) is 0 Å². The van der Waals surface area contributed by atoms with Crippen LogP contribution in [0.25, 0.3) is 0 Å². The molecule has 1 aromatic rings. The van der Waals surface area contributed by atoms with Crippen LogP contribution in [-0.2, 0) is 11.3 Å². The van der Waals surface area contributed by atoms with Crippen molar-refractivity contribution >= 4 is 0 Å². The second-order valence-electron chi connectivity index (χ2n) is 11.3. The molecule has 1 aliphatic rings. The Labute approximate surface area is 200 Å². The van der Waals surface area contributed by atoms with Crippen LogP contribution in [-0.4, -0.2) is 36.4 Å². The highest BCUT2D eigenvalue weighted by molar-refractivity contribution is 5.14. The highest BCUT2D eigenvalue weighted by atomic mass is 19.4. The topological polar surface area (TPSA) is 12.5 Å². The van der Waals surface area contributed by atoms with Gasteiger partial charge in [0.25, 0.3) is 0 Å². The minimum Gasteiger partial charge on any atom is -0.366 e. The van der Waals surface area contributed by atoms with Crippen LogP contribution in [0.2, 0.25) is 0 Å². The Morgan fingerprint density at radius 3 is 1.91 bits per heavy atom. The zero-order valence-electron chi connectivity index (χ0n) is 21.4. The highest BCUT2D eigenvalue weighted by Gasteiger charge is 2.57. The zero-order chi connectivity index (χ0) is 24.4. The lowest BCUT2D eigenvalue weighted by atomic mass is 9.80. The Hall–Kier alpha value is -1.07. The summed E-state index contributed by atoms with van der Waals surface area (Å²) < 4.78 is 47.7. The molecule has 1 atom stereocenters. The molecule has 0 amide bonds. The van der Waals surface area contributed by atoms with Crippen LogP contribution < -0.4 is 0 Å². The molecular weight excluding hydrogens is 423 g/mol. The van der Waals surface area contributed by atoms with E-state index in [9.17, 15) is 13.2 Å². The van der Waals surface area contributed by atoms with Gasteiger partial charge in [-0.25, -0.2) is 0 Å². The number of rotatable bonds is 13. The molecule has 33 heavy (non-hydrogen) atoms. The maximum atomic E-state index is 14.0. The number of piperidine rings is 1. The average molecular weight is 470 g/mol. The van der Waals surface area contributed by atoms with Crippen LogP contribution in [0.5, 0.6) is 0 Å². The third kappa shape index (κ3) is 9.98. The number of benzene rings is 1. The molecule has 0 radical (unpaired) electrons. The molecule has 1 saturated heterocycles. The van der Waals surface area contributed by atoms with E-state index in [1.165, 1.54) is 44.6 Å². The summed E-state index contributed by atoms with van der Waals surface area (Å²) in [6, 6.07) is 10.1. The van der Waals surface area contributed by atoms with Crippen molar-refractivity contribution in [2.45, 2.75) is 110 Å². The van der Waals surface area contributed by atoms with Crippen molar-refractivity contribution in [2.75, 3.05) is 19.7 Å². The SMILES string of the molecule is CC(C)(C)CCCCCCCCCOC(C)(C1CCN(Cc2ccccc2)CC1)C(F)(F)F. The lowest BCUT2D eigenvalue weighted by Crippen LogP contribution is -2.54. The van der Waals surface area contributed by atoms with Gasteiger partial charge in [-0.3, -0.25) is 4.90 Å². The van der Waals surface area contributed by atoms with Gasteiger partial charge in [0, 0.05) is 13.2 Å². The Morgan fingerprint density at radius 2 is 1.36 bits per heavy atom. The molecule has 5 heteroatoms. The summed E-state index contributed by atoms with van der Waals surface area (Å²) in [6.45, 7) is 10.5. The predicted octanol–water partition coefficient (Wildman–Crippen LogP) is 8.40. The van der Waals surface area contributed by atoms with Crippen LogP contribution in [0.4, 0.5) is 13.2 Å². The first-order chi connectivity index (χ1) is 15.5. The minimum atomic E-state index is -4.34. The molecule has 0 bridgehead atoms. The summed E-state index contributed by atoms with van der Waals surface area (Å²) in [7, 11) is 0. The summed E-state index contributed by atoms with van der Waals surface area (Å²) in [4.78, 5) is 2.25. The third-order valence-electron chi connectivity index (χ3n) is 7.15. The molecule has 0 aliphatic carbocycles. The Bertz CT molecular complexity index is 647. The molecule has 1 heterocycles. The van der Waals surface area contributed by atoms with Gasteiger partial charge in [0.15, 0.2) is 5.60 Å². The van der Waals surface area contributed by atoms with Gasteiger partial charge in [0.05, 0.1) is 0 Å². The molecule has 0 saturated carbocycles. The first kappa shape index (κ1) is 28.2. The summed E-state index contributed by atoms with van der Waals surface area (Å²) in [5, 5.41) is 0. The number of alkyl halides is 3. The van der Waals surface area contributed by atoms with Crippen LogP contribution in [0.1, 0.15) is 97.5 Å². The third-order valence-corrected chi connectivity index (χ3v) is 7.15. The van der Waals surface area contributed by atoms with E-state index in [2.05, 4.69) is 37.8 Å². The Balaban J connectivity index is 1.68. The van der Waals surface area contributed by atoms with Crippen molar-refractivity contribution in [3.63, 3.8) is 0 Å². The molecule has 1 unspecified atom stereocenters. The molecule has 1 aliphatic heterocycles. The first-order valence-electron chi connectivity index (χ1n) is 13.0. The smallest absolute Gasteiger partial charge is 0.366 e. The van der Waals surface area contributed by atoms with E-state index in [0.29, 0.717) is 37.8 Å². The number of ether oxygens (including phenoxy) is 1. The van der Waals surface area contributed by atoms with Crippen molar-refractivity contribution in [1.82, 2.24) is 4.90 Å². The monoisotopic (exact) mass is 469 g/mol. The quantitative estimate of drug-likeness (QED) is 0.269. The largest absolute Gasteiger partial charge is 0.417 e. The maximum Gasteiger partial charge on any atom is 0.417 e. The summed E-state index contributed by atoms with van der Waals surface area (Å²) in [5.74, 6) is -0.479. The first-order valence-corrected chi connectivity index (χ1v) is 13.0. The average Bonchev–Trinajstić information content (AvgIpc) is 2.74. The normalized spacial score (nSPS) is 18.4. The maximum absolute atomic E-state index is 14.0. The second-order valence-corrected chi connectivity index (χ2v) is 11.3. The standard InChI is InChI=1S/C28H46F3NO/c1-26(2,3)19-13-8-6-5-7-9-14-22-33-27(4,28(29,30)31)25-17-20-32(21-18-25)23-24-15-11-10-12-16-24/h10-12,15-16,25H,5-9,13-14,17-23H2,1-4H3. The molecule has 2 nitrogen and oxygen atoms in total. The molecule has 190 valence electrons. The molecule has 1 fully saturated rings. The molecule has 1 aromatic carbocycles. The molecular formula is C28H46F3NO. The van der Waals surface area contributed by atoms with Gasteiger partial charge in [-0.1, -0.05) is 89.6 Å². The van der Waals surface area contributed by atoms with E-state index in [0.717, 1.165) is 19.4 Å². The van der Waals surface area contributed by atoms with E-state index in [1.54, 1.807) is 0 Å². The van der Waals surface area contributed by atoms with Gasteiger partial charge in [-0.05, 0) is 62.6 Å². The number of hydrogen-bond acceptors (Lipinski definition) is 2. The fourth-order valence-electron chi connectivity index (χ4n) is 4.84. The lowest BCUT2D eigenvalue weighted by molar-refractivity contribution is -0.294. The lowest BCUT2D eigenvalue weighted by Gasteiger charge is -2.43. The van der Waals surface area contributed by atoms with Crippen molar-refractivity contribution in [2.24, 2.45) is 11.3 Å². The summed E-state index contributed by atoms with van der Waals surface area (Å²) in [6.07, 6.45) is 5.61. The number of likely N-dealkylation sites (tertiary alicyclic amines) is 1. The molecule has 0 N–H and O–H groups in total. The van der Waals surface area contributed by atoms with E-state index in [-0.39, 0.29) is 6.61 Å². The Kier molecular flexibility index (Phi) is 11.2. The van der Waals surface area contributed by atoms with Crippen molar-refractivity contribution in [3.8, 4) is 0 Å². The fraction of sp³-hybridized carbons (Fsp3) is 0.786. The molecule has 0 spiro atoms. The van der Waals surface area contributed by atoms with Crippen molar-refractivity contribution in [1.29, 1.82) is 0 Å². The molecule has 2 rings (SSSR count). The van der Waals surface area contributed by atoms with Crippen molar-refractivity contribution < 1.29 is 17.9 Å². The van der Waals surface area contributed by atoms with Crippen LogP contribution in [0.3, 0.4) is 0 Å². The van der Waals surface area contributed by atoms with E-state index in [1.807, 2.05) is 18.2 Å². The van der Waals surface area contributed by atoms with E-state index >= 15 is 0 Å². The van der Waals surface area contributed by atoms with Gasteiger partial charge in [0.2, 0.25) is 0 Å². The second kappa shape index (κ2) is 13.1. The highest BCUT2D eigenvalue weighted by Crippen LogP contribution is 2.43. The minimum absolute atomic E-state index is 0.199. The van der Waals surface area contributed by atoms with E-state index in [4.69, 9.17) is 4.74 Å². The summed E-state index contributed by atoms with van der Waals surface area (Å²) >= 11 is 0.